The van der Waals surface area contributed by atoms with E-state index in [0.717, 1.165) is 45.1 Å². The molecular weight excluding hydrogens is 228 g/mol. The average molecular weight is 254 g/mol. The molecular formula is C14H26N2O2. The van der Waals surface area contributed by atoms with Gasteiger partial charge in [-0.3, -0.25) is 4.79 Å². The van der Waals surface area contributed by atoms with E-state index in [1.807, 2.05) is 11.9 Å². The van der Waals surface area contributed by atoms with Crippen molar-refractivity contribution in [2.24, 2.45) is 17.6 Å². The minimum Gasteiger partial charge on any atom is -0.393 e. The van der Waals surface area contributed by atoms with Crippen molar-refractivity contribution in [1.29, 1.82) is 0 Å². The van der Waals surface area contributed by atoms with Gasteiger partial charge in [-0.15, -0.1) is 0 Å². The van der Waals surface area contributed by atoms with Crippen LogP contribution in [0.2, 0.25) is 0 Å². The standard InChI is InChI=1S/C14H26N2O2/c1-16(9-11-6-13(17)7-11)14(18)8-10-2-4-12(15)5-3-10/h10-13,17H,2-9,15H2,1H3. The molecule has 2 aliphatic rings. The first-order valence-electron chi connectivity index (χ1n) is 7.22. The van der Waals surface area contributed by atoms with E-state index in [0.29, 0.717) is 24.3 Å². The first kappa shape index (κ1) is 13.8. The van der Waals surface area contributed by atoms with Crippen molar-refractivity contribution < 1.29 is 9.90 Å². The smallest absolute Gasteiger partial charge is 0.222 e. The molecule has 0 aromatic rings. The summed E-state index contributed by atoms with van der Waals surface area (Å²) < 4.78 is 0. The summed E-state index contributed by atoms with van der Waals surface area (Å²) in [6.07, 6.45) is 6.60. The molecule has 4 nitrogen and oxygen atoms in total. The van der Waals surface area contributed by atoms with Gasteiger partial charge in [0.05, 0.1) is 6.10 Å². The quantitative estimate of drug-likeness (QED) is 0.790. The number of nitrogens with two attached hydrogens (primary N) is 1. The number of nitrogens with zero attached hydrogens (tertiary/aromatic N) is 1. The molecule has 3 N–H and O–H groups in total. The van der Waals surface area contributed by atoms with Crippen molar-refractivity contribution in [2.45, 2.75) is 57.1 Å². The molecule has 1 amide bonds. The molecule has 2 aliphatic carbocycles. The van der Waals surface area contributed by atoms with E-state index in [-0.39, 0.29) is 12.0 Å². The fourth-order valence-electron chi connectivity index (χ4n) is 3.13. The number of carbonyl (C=O) groups excluding carboxylic acids is 1. The average Bonchev–Trinajstić information content (AvgIpc) is 2.30. The van der Waals surface area contributed by atoms with Gasteiger partial charge in [-0.2, -0.15) is 0 Å². The Bertz CT molecular complexity index is 282. The lowest BCUT2D eigenvalue weighted by molar-refractivity contribution is -0.132. The lowest BCUT2D eigenvalue weighted by Crippen LogP contribution is -2.40. The van der Waals surface area contributed by atoms with Gasteiger partial charge in [0.1, 0.15) is 0 Å². The molecule has 0 aliphatic heterocycles. The Kier molecular flexibility index (Phi) is 4.62. The molecule has 0 radical (unpaired) electrons. The second-order valence-electron chi connectivity index (χ2n) is 6.25. The van der Waals surface area contributed by atoms with Crippen LogP contribution < -0.4 is 5.73 Å². The highest BCUT2D eigenvalue weighted by atomic mass is 16.3. The Hall–Kier alpha value is -0.610. The van der Waals surface area contributed by atoms with Crippen LogP contribution in [0.4, 0.5) is 0 Å². The minimum absolute atomic E-state index is 0.127. The van der Waals surface area contributed by atoms with Crippen LogP contribution >= 0.6 is 0 Å². The summed E-state index contributed by atoms with van der Waals surface area (Å²) in [7, 11) is 1.89. The topological polar surface area (TPSA) is 66.6 Å². The maximum absolute atomic E-state index is 12.1. The number of carbonyl (C=O) groups is 1. The third kappa shape index (κ3) is 3.69. The van der Waals surface area contributed by atoms with Crippen LogP contribution in [0, 0.1) is 11.8 Å². The third-order valence-corrected chi connectivity index (χ3v) is 4.52. The van der Waals surface area contributed by atoms with Crippen molar-refractivity contribution in [3.05, 3.63) is 0 Å². The maximum Gasteiger partial charge on any atom is 0.222 e. The van der Waals surface area contributed by atoms with E-state index in [2.05, 4.69) is 0 Å². The molecule has 2 rings (SSSR count). The molecule has 104 valence electrons. The number of aliphatic hydroxyl groups is 1. The maximum atomic E-state index is 12.1. The van der Waals surface area contributed by atoms with Gasteiger partial charge in [0, 0.05) is 26.1 Å². The van der Waals surface area contributed by atoms with Crippen LogP contribution in [-0.2, 0) is 4.79 Å². The third-order valence-electron chi connectivity index (χ3n) is 4.52. The second kappa shape index (κ2) is 6.02. The van der Waals surface area contributed by atoms with Gasteiger partial charge in [0.15, 0.2) is 0 Å². The molecule has 0 bridgehead atoms. The zero-order chi connectivity index (χ0) is 13.1. The first-order valence-corrected chi connectivity index (χ1v) is 7.22. The summed E-state index contributed by atoms with van der Waals surface area (Å²) in [6, 6.07) is 0.352. The number of hydrogen-bond acceptors (Lipinski definition) is 3. The fourth-order valence-corrected chi connectivity index (χ4v) is 3.13. The molecule has 0 saturated heterocycles. The van der Waals surface area contributed by atoms with Gasteiger partial charge in [0.25, 0.3) is 0 Å². The molecule has 18 heavy (non-hydrogen) atoms. The van der Waals surface area contributed by atoms with Crippen LogP contribution in [0.25, 0.3) is 0 Å². The van der Waals surface area contributed by atoms with E-state index in [1.54, 1.807) is 0 Å². The van der Waals surface area contributed by atoms with Gasteiger partial charge in [-0.1, -0.05) is 0 Å². The fraction of sp³-hybridized carbons (Fsp3) is 0.929. The summed E-state index contributed by atoms with van der Waals surface area (Å²) >= 11 is 0. The number of aliphatic hydroxyl groups excluding tert-OH is 1. The Morgan fingerprint density at radius 3 is 2.39 bits per heavy atom. The van der Waals surface area contributed by atoms with E-state index >= 15 is 0 Å². The zero-order valence-corrected chi connectivity index (χ0v) is 11.3. The van der Waals surface area contributed by atoms with Crippen molar-refractivity contribution in [2.75, 3.05) is 13.6 Å². The number of rotatable bonds is 4. The second-order valence-corrected chi connectivity index (χ2v) is 6.25. The predicted molar refractivity (Wildman–Crippen MR) is 70.9 cm³/mol. The molecule has 0 aromatic carbocycles. The SMILES string of the molecule is CN(CC1CC(O)C1)C(=O)CC1CCC(N)CC1. The van der Waals surface area contributed by atoms with E-state index in [1.165, 1.54) is 0 Å². The largest absolute Gasteiger partial charge is 0.393 e. The summed E-state index contributed by atoms with van der Waals surface area (Å²) in [5.74, 6) is 1.30. The molecule has 2 saturated carbocycles. The highest BCUT2D eigenvalue weighted by Gasteiger charge is 2.29. The Balaban J connectivity index is 1.67. The lowest BCUT2D eigenvalue weighted by Gasteiger charge is -2.35. The number of hydrogen-bond donors (Lipinski definition) is 2. The number of amides is 1. The van der Waals surface area contributed by atoms with Crippen LogP contribution in [-0.4, -0.2) is 41.7 Å². The first-order chi connectivity index (χ1) is 8.54. The lowest BCUT2D eigenvalue weighted by atomic mass is 9.81. The van der Waals surface area contributed by atoms with E-state index < -0.39 is 0 Å². The van der Waals surface area contributed by atoms with Crippen molar-refractivity contribution in [1.82, 2.24) is 4.90 Å². The van der Waals surface area contributed by atoms with Gasteiger partial charge >= 0.3 is 0 Å². The molecule has 0 heterocycles. The highest BCUT2D eigenvalue weighted by molar-refractivity contribution is 5.76. The molecule has 0 spiro atoms. The molecule has 2 fully saturated rings. The minimum atomic E-state index is -0.127. The summed E-state index contributed by atoms with van der Waals surface area (Å²) in [4.78, 5) is 13.9. The highest BCUT2D eigenvalue weighted by Crippen LogP contribution is 2.29. The van der Waals surface area contributed by atoms with Crippen LogP contribution in [0.15, 0.2) is 0 Å². The van der Waals surface area contributed by atoms with Crippen molar-refractivity contribution in [3.8, 4) is 0 Å². The normalized spacial score (nSPS) is 35.9. The molecule has 0 atom stereocenters. The summed E-state index contributed by atoms with van der Waals surface area (Å²) in [6.45, 7) is 0.808. The van der Waals surface area contributed by atoms with Crippen LogP contribution in [0.5, 0.6) is 0 Å². The zero-order valence-electron chi connectivity index (χ0n) is 11.3. The predicted octanol–water partition coefficient (Wildman–Crippen LogP) is 1.12. The van der Waals surface area contributed by atoms with Gasteiger partial charge in [0.2, 0.25) is 5.91 Å². The molecule has 4 heteroatoms. The van der Waals surface area contributed by atoms with Crippen molar-refractivity contribution in [3.63, 3.8) is 0 Å². The van der Waals surface area contributed by atoms with Crippen LogP contribution in [0.1, 0.15) is 44.9 Å². The molecule has 0 unspecified atom stereocenters. The summed E-state index contributed by atoms with van der Waals surface area (Å²) in [5.41, 5.74) is 5.87. The van der Waals surface area contributed by atoms with Gasteiger partial charge in [-0.25, -0.2) is 0 Å². The Morgan fingerprint density at radius 1 is 1.22 bits per heavy atom. The van der Waals surface area contributed by atoms with E-state index in [4.69, 9.17) is 5.73 Å². The van der Waals surface area contributed by atoms with Crippen LogP contribution in [0.3, 0.4) is 0 Å². The van der Waals surface area contributed by atoms with Gasteiger partial charge < -0.3 is 15.7 Å². The van der Waals surface area contributed by atoms with Gasteiger partial charge in [-0.05, 0) is 50.4 Å². The Morgan fingerprint density at radius 2 is 1.83 bits per heavy atom. The summed E-state index contributed by atoms with van der Waals surface area (Å²) in [5, 5.41) is 9.24. The Labute approximate surface area is 110 Å². The molecule has 0 aromatic heterocycles. The van der Waals surface area contributed by atoms with E-state index in [9.17, 15) is 9.90 Å². The monoisotopic (exact) mass is 254 g/mol. The van der Waals surface area contributed by atoms with Crippen molar-refractivity contribution >= 4 is 5.91 Å².